The number of sulfone groups is 1. The Morgan fingerprint density at radius 1 is 1.11 bits per heavy atom. The van der Waals surface area contributed by atoms with Crippen LogP contribution in [0.15, 0.2) is 47.4 Å². The van der Waals surface area contributed by atoms with Crippen LogP contribution in [0.5, 0.6) is 5.75 Å². The van der Waals surface area contributed by atoms with Gasteiger partial charge in [-0.1, -0.05) is 12.0 Å². The molecule has 240 valence electrons. The SMILES string of the molecule is COCCN(C)C1(C)CCC(Nc2cccc3c2cc(C#CCNc2ccc(S(C)(=O)=O)cc2OC)n3CC(F)(F)F)CC1. The van der Waals surface area contributed by atoms with Gasteiger partial charge in [0, 0.05) is 48.6 Å². The molecule has 1 aromatic heterocycles. The minimum Gasteiger partial charge on any atom is -0.495 e. The molecule has 1 fully saturated rings. The van der Waals surface area contributed by atoms with Crippen molar-refractivity contribution in [2.45, 2.75) is 61.8 Å². The van der Waals surface area contributed by atoms with E-state index < -0.39 is 22.6 Å². The van der Waals surface area contributed by atoms with Crippen molar-refractivity contribution in [3.63, 3.8) is 0 Å². The van der Waals surface area contributed by atoms with Gasteiger partial charge in [0.1, 0.15) is 12.3 Å². The smallest absolute Gasteiger partial charge is 0.406 e. The molecule has 3 aromatic rings. The van der Waals surface area contributed by atoms with Crippen LogP contribution < -0.4 is 15.4 Å². The number of alkyl halides is 3. The zero-order chi connectivity index (χ0) is 32.1. The van der Waals surface area contributed by atoms with Crippen molar-refractivity contribution >= 4 is 32.1 Å². The monoisotopic (exact) mass is 634 g/mol. The second-order valence-corrected chi connectivity index (χ2v) is 13.6. The molecule has 12 heteroatoms. The fraction of sp³-hybridized carbons (Fsp3) is 0.500. The van der Waals surface area contributed by atoms with E-state index in [4.69, 9.17) is 9.47 Å². The number of anilines is 2. The summed E-state index contributed by atoms with van der Waals surface area (Å²) >= 11 is 0. The number of halogens is 3. The van der Waals surface area contributed by atoms with Crippen LogP contribution in [0.2, 0.25) is 0 Å². The van der Waals surface area contributed by atoms with E-state index in [2.05, 4.69) is 41.3 Å². The second-order valence-electron chi connectivity index (χ2n) is 11.6. The van der Waals surface area contributed by atoms with Gasteiger partial charge in [-0.25, -0.2) is 8.42 Å². The maximum Gasteiger partial charge on any atom is 0.406 e. The number of benzene rings is 2. The number of ether oxygens (including phenoxy) is 2. The maximum absolute atomic E-state index is 13.7. The molecule has 4 rings (SSSR count). The summed E-state index contributed by atoms with van der Waals surface area (Å²) in [6.45, 7) is 2.76. The molecule has 0 radical (unpaired) electrons. The van der Waals surface area contributed by atoms with Crippen molar-refractivity contribution in [2.75, 3.05) is 57.9 Å². The van der Waals surface area contributed by atoms with E-state index in [1.54, 1.807) is 31.4 Å². The first kappa shape index (κ1) is 33.5. The number of nitrogens with one attached hydrogen (secondary N) is 2. The lowest BCUT2D eigenvalue weighted by Gasteiger charge is -2.44. The average Bonchev–Trinajstić information content (AvgIpc) is 3.31. The van der Waals surface area contributed by atoms with Crippen LogP contribution in [0.25, 0.3) is 10.9 Å². The average molecular weight is 635 g/mol. The van der Waals surface area contributed by atoms with E-state index in [1.807, 2.05) is 6.07 Å². The van der Waals surface area contributed by atoms with Crippen molar-refractivity contribution in [1.82, 2.24) is 9.47 Å². The number of aromatic nitrogens is 1. The minimum absolute atomic E-state index is 0.0787. The molecule has 2 N–H and O–H groups in total. The molecule has 1 aliphatic rings. The molecule has 0 saturated heterocycles. The van der Waals surface area contributed by atoms with E-state index >= 15 is 0 Å². The highest BCUT2D eigenvalue weighted by Gasteiger charge is 2.35. The van der Waals surface area contributed by atoms with Crippen molar-refractivity contribution in [3.8, 4) is 17.6 Å². The molecule has 8 nitrogen and oxygen atoms in total. The highest BCUT2D eigenvalue weighted by molar-refractivity contribution is 7.90. The van der Waals surface area contributed by atoms with E-state index in [-0.39, 0.29) is 28.7 Å². The molecular formula is C32H41F3N4O4S. The minimum atomic E-state index is -4.43. The summed E-state index contributed by atoms with van der Waals surface area (Å²) in [6.07, 6.45) is 0.571. The van der Waals surface area contributed by atoms with Gasteiger partial charge >= 0.3 is 6.18 Å². The molecule has 0 atom stereocenters. The van der Waals surface area contributed by atoms with Crippen LogP contribution >= 0.6 is 0 Å². The third-order valence-corrected chi connectivity index (χ3v) is 9.55. The quantitative estimate of drug-likeness (QED) is 0.259. The molecule has 1 aliphatic carbocycles. The van der Waals surface area contributed by atoms with Crippen LogP contribution in [0.3, 0.4) is 0 Å². The summed E-state index contributed by atoms with van der Waals surface area (Å²) in [7, 11) is 1.84. The van der Waals surface area contributed by atoms with Crippen molar-refractivity contribution in [3.05, 3.63) is 48.2 Å². The molecule has 1 saturated carbocycles. The Morgan fingerprint density at radius 2 is 1.84 bits per heavy atom. The normalized spacial score (nSPS) is 19.1. The zero-order valence-electron chi connectivity index (χ0n) is 25.8. The molecule has 0 unspecified atom stereocenters. The highest BCUT2D eigenvalue weighted by atomic mass is 32.2. The highest BCUT2D eigenvalue weighted by Crippen LogP contribution is 2.36. The van der Waals surface area contributed by atoms with Gasteiger partial charge in [-0.3, -0.25) is 4.90 Å². The molecule has 0 aliphatic heterocycles. The topological polar surface area (TPSA) is 84.8 Å². The number of methoxy groups -OCH3 is 2. The van der Waals surface area contributed by atoms with Crippen molar-refractivity contribution < 1.29 is 31.1 Å². The number of hydrogen-bond donors (Lipinski definition) is 2. The summed E-state index contributed by atoms with van der Waals surface area (Å²) in [6, 6.07) is 11.7. The molecular weight excluding hydrogens is 593 g/mol. The molecule has 0 amide bonds. The largest absolute Gasteiger partial charge is 0.495 e. The summed E-state index contributed by atoms with van der Waals surface area (Å²) in [4.78, 5) is 2.47. The Balaban J connectivity index is 1.53. The predicted octanol–water partition coefficient (Wildman–Crippen LogP) is 5.77. The Morgan fingerprint density at radius 3 is 2.48 bits per heavy atom. The third-order valence-electron chi connectivity index (χ3n) is 8.44. The first-order valence-electron chi connectivity index (χ1n) is 14.5. The number of hydrogen-bond acceptors (Lipinski definition) is 7. The maximum atomic E-state index is 13.7. The Labute approximate surface area is 257 Å². The zero-order valence-corrected chi connectivity index (χ0v) is 26.7. The number of likely N-dealkylation sites (N-methyl/N-ethyl adjacent to an activating group) is 1. The molecule has 44 heavy (non-hydrogen) atoms. The van der Waals surface area contributed by atoms with Crippen LogP contribution in [0.1, 0.15) is 38.3 Å². The Kier molecular flexibility index (Phi) is 10.4. The van der Waals surface area contributed by atoms with Gasteiger partial charge in [0.2, 0.25) is 0 Å². The standard InChI is InChI=1S/C32H41F3N4O4S/c1-31(38(2)18-19-42-3)15-13-23(14-16-31)37-27-9-6-10-29-26(27)20-24(39(29)22-32(33,34)35)8-7-17-36-28-12-11-25(44(5,40)41)21-30(28)43-4/h6,9-12,20-21,23,36-37H,13-19,22H2,1-5H3. The van der Waals surface area contributed by atoms with E-state index in [0.29, 0.717) is 28.9 Å². The van der Waals surface area contributed by atoms with E-state index in [9.17, 15) is 21.6 Å². The summed E-state index contributed by atoms with van der Waals surface area (Å²) in [5.41, 5.74) is 2.10. The molecule has 0 spiro atoms. The number of fused-ring (bicyclic) bond motifs is 1. The van der Waals surface area contributed by atoms with Gasteiger partial charge in [-0.05, 0) is 75.9 Å². The molecule has 2 aromatic carbocycles. The molecule has 0 bridgehead atoms. The Bertz CT molecular complexity index is 1620. The lowest BCUT2D eigenvalue weighted by molar-refractivity contribution is -0.140. The van der Waals surface area contributed by atoms with Crippen LogP contribution in [0, 0.1) is 11.8 Å². The van der Waals surface area contributed by atoms with Crippen LogP contribution in [0.4, 0.5) is 24.5 Å². The summed E-state index contributed by atoms with van der Waals surface area (Å²) in [5, 5.41) is 7.36. The summed E-state index contributed by atoms with van der Waals surface area (Å²) < 4.78 is 76.5. The van der Waals surface area contributed by atoms with Gasteiger partial charge < -0.3 is 24.7 Å². The second kappa shape index (κ2) is 13.7. The van der Waals surface area contributed by atoms with Gasteiger partial charge in [0.15, 0.2) is 9.84 Å². The first-order chi connectivity index (χ1) is 20.7. The van der Waals surface area contributed by atoms with Crippen molar-refractivity contribution in [2.24, 2.45) is 0 Å². The molecule has 1 heterocycles. The number of nitrogens with zero attached hydrogens (tertiary/aromatic N) is 2. The van der Waals surface area contributed by atoms with Crippen LogP contribution in [-0.4, -0.2) is 82.9 Å². The van der Waals surface area contributed by atoms with Crippen LogP contribution in [-0.2, 0) is 21.1 Å². The van der Waals surface area contributed by atoms with Gasteiger partial charge in [-0.15, -0.1) is 0 Å². The first-order valence-corrected chi connectivity index (χ1v) is 16.4. The lowest BCUT2D eigenvalue weighted by atomic mass is 9.79. The Hall–Kier alpha value is -3.40. The lowest BCUT2D eigenvalue weighted by Crippen LogP contribution is -2.49. The predicted molar refractivity (Wildman–Crippen MR) is 168 cm³/mol. The van der Waals surface area contributed by atoms with Gasteiger partial charge in [0.05, 0.1) is 42.1 Å². The fourth-order valence-corrected chi connectivity index (χ4v) is 6.31. The third kappa shape index (κ3) is 8.20. The fourth-order valence-electron chi connectivity index (χ4n) is 5.67. The van der Waals surface area contributed by atoms with E-state index in [0.717, 1.165) is 44.2 Å². The van der Waals surface area contributed by atoms with Gasteiger partial charge in [-0.2, -0.15) is 13.2 Å². The van der Waals surface area contributed by atoms with Crippen molar-refractivity contribution in [1.29, 1.82) is 0 Å². The van der Waals surface area contributed by atoms with Gasteiger partial charge in [0.25, 0.3) is 0 Å². The summed E-state index contributed by atoms with van der Waals surface area (Å²) in [5.74, 6) is 6.14. The van der Waals surface area contributed by atoms with E-state index in [1.165, 1.54) is 23.8 Å². The number of rotatable bonds is 11.